The lowest BCUT2D eigenvalue weighted by Crippen LogP contribution is -1.95. The monoisotopic (exact) mass is 208 g/mol. The minimum atomic E-state index is -0.778. The van der Waals surface area contributed by atoms with E-state index >= 15 is 0 Å². The molecule has 0 aliphatic heterocycles. The Labute approximate surface area is 84.9 Å². The number of phenolic OH excluding ortho intramolecular Hbond substituents is 1. The summed E-state index contributed by atoms with van der Waals surface area (Å²) < 4.78 is 0. The van der Waals surface area contributed by atoms with E-state index in [0.717, 1.165) is 0 Å². The molecule has 0 unspecified atom stereocenters. The number of aryl methyl sites for hydroxylation is 1. The van der Waals surface area contributed by atoms with Crippen molar-refractivity contribution in [1.82, 2.24) is 0 Å². The fourth-order valence-electron chi connectivity index (χ4n) is 1.14. The van der Waals surface area contributed by atoms with Gasteiger partial charge in [-0.2, -0.15) is 0 Å². The van der Waals surface area contributed by atoms with Gasteiger partial charge >= 0.3 is 0 Å². The smallest absolute Gasteiger partial charge is 0.286 e. The van der Waals surface area contributed by atoms with Gasteiger partial charge in [-0.15, -0.1) is 9.81 Å². The normalized spacial score (nSPS) is 9.60. The Bertz CT molecular complexity index is 403. The van der Waals surface area contributed by atoms with Crippen LogP contribution in [0.4, 0.5) is 5.69 Å². The van der Waals surface area contributed by atoms with Crippen molar-refractivity contribution < 1.29 is 9.90 Å². The molecule has 0 fully saturated rings. The molecule has 0 saturated carbocycles. The second-order valence-electron chi connectivity index (χ2n) is 2.89. The van der Waals surface area contributed by atoms with Gasteiger partial charge in [0.05, 0.1) is 0 Å². The third-order valence-electron chi connectivity index (χ3n) is 1.88. The molecular formula is C9H8N2O4. The van der Waals surface area contributed by atoms with Crippen LogP contribution in [-0.2, 0) is 11.2 Å². The third-order valence-corrected chi connectivity index (χ3v) is 1.88. The SMILES string of the molecule is O=NC(=O)CCc1ccc(O)cc1N=O. The lowest BCUT2D eigenvalue weighted by atomic mass is 10.1. The van der Waals surface area contributed by atoms with Gasteiger partial charge in [0.15, 0.2) is 0 Å². The van der Waals surface area contributed by atoms with Crippen LogP contribution in [0.15, 0.2) is 28.6 Å². The molecule has 78 valence electrons. The first-order valence-electron chi connectivity index (χ1n) is 4.19. The van der Waals surface area contributed by atoms with Crippen LogP contribution in [0.5, 0.6) is 5.75 Å². The molecule has 0 atom stereocenters. The average molecular weight is 208 g/mol. The highest BCUT2D eigenvalue weighted by atomic mass is 16.3. The predicted octanol–water partition coefficient (Wildman–Crippen LogP) is 2.02. The van der Waals surface area contributed by atoms with Gasteiger partial charge in [0, 0.05) is 17.7 Å². The number of nitroso groups, excluding NO2 is 2. The average Bonchev–Trinajstić information content (AvgIpc) is 2.26. The van der Waals surface area contributed by atoms with Gasteiger partial charge in [-0.1, -0.05) is 6.07 Å². The van der Waals surface area contributed by atoms with Crippen LogP contribution >= 0.6 is 0 Å². The van der Waals surface area contributed by atoms with E-state index in [1.165, 1.54) is 18.2 Å². The first-order chi connectivity index (χ1) is 7.17. The first kappa shape index (κ1) is 11.0. The summed E-state index contributed by atoms with van der Waals surface area (Å²) in [5.41, 5.74) is 0.563. The van der Waals surface area contributed by atoms with Crippen molar-refractivity contribution in [1.29, 1.82) is 0 Å². The lowest BCUT2D eigenvalue weighted by molar-refractivity contribution is -0.117. The van der Waals surface area contributed by atoms with Gasteiger partial charge in [0.1, 0.15) is 11.4 Å². The van der Waals surface area contributed by atoms with Crippen LogP contribution in [0.2, 0.25) is 0 Å². The van der Waals surface area contributed by atoms with E-state index in [9.17, 15) is 14.6 Å². The summed E-state index contributed by atoms with van der Waals surface area (Å²) in [6.07, 6.45) is 0.128. The zero-order valence-electron chi connectivity index (χ0n) is 7.71. The molecule has 0 heterocycles. The van der Waals surface area contributed by atoms with Crippen LogP contribution in [0.3, 0.4) is 0 Å². The number of hydrogen-bond donors (Lipinski definition) is 1. The molecule has 1 amide bonds. The summed E-state index contributed by atoms with van der Waals surface area (Å²) >= 11 is 0. The molecule has 0 aliphatic carbocycles. The molecule has 0 saturated heterocycles. The van der Waals surface area contributed by atoms with Crippen LogP contribution in [0, 0.1) is 9.81 Å². The number of rotatable bonds is 4. The summed E-state index contributed by atoms with van der Waals surface area (Å²) in [5, 5.41) is 14.0. The lowest BCUT2D eigenvalue weighted by Gasteiger charge is -2.01. The highest BCUT2D eigenvalue weighted by Gasteiger charge is 2.07. The largest absolute Gasteiger partial charge is 0.508 e. The van der Waals surface area contributed by atoms with Gasteiger partial charge in [-0.05, 0) is 23.2 Å². The van der Waals surface area contributed by atoms with Gasteiger partial charge in [-0.3, -0.25) is 4.79 Å². The second-order valence-corrected chi connectivity index (χ2v) is 2.89. The summed E-state index contributed by atoms with van der Waals surface area (Å²) in [6.45, 7) is 0. The Hall–Kier alpha value is -2.11. The topological polar surface area (TPSA) is 96.2 Å². The van der Waals surface area contributed by atoms with Crippen molar-refractivity contribution in [2.75, 3.05) is 0 Å². The molecule has 6 nitrogen and oxygen atoms in total. The maximum atomic E-state index is 10.6. The number of phenols is 1. The van der Waals surface area contributed by atoms with Crippen molar-refractivity contribution in [3.8, 4) is 5.75 Å². The van der Waals surface area contributed by atoms with Crippen LogP contribution in [0.25, 0.3) is 0 Å². The van der Waals surface area contributed by atoms with Gasteiger partial charge in [0.2, 0.25) is 0 Å². The molecule has 0 aliphatic rings. The van der Waals surface area contributed by atoms with Crippen LogP contribution < -0.4 is 0 Å². The zero-order valence-corrected chi connectivity index (χ0v) is 7.71. The number of benzene rings is 1. The molecule has 1 N–H and O–H groups in total. The molecule has 0 radical (unpaired) electrons. The van der Waals surface area contributed by atoms with E-state index in [2.05, 4.69) is 10.4 Å². The van der Waals surface area contributed by atoms with E-state index in [4.69, 9.17) is 5.11 Å². The minimum absolute atomic E-state index is 0.0636. The van der Waals surface area contributed by atoms with Gasteiger partial charge in [0.25, 0.3) is 5.91 Å². The number of carbonyl (C=O) groups is 1. The zero-order chi connectivity index (χ0) is 11.3. The molecule has 0 bridgehead atoms. The molecule has 1 aromatic carbocycles. The predicted molar refractivity (Wildman–Crippen MR) is 52.7 cm³/mol. The summed E-state index contributed by atoms with van der Waals surface area (Å²) in [7, 11) is 0. The minimum Gasteiger partial charge on any atom is -0.508 e. The van der Waals surface area contributed by atoms with E-state index in [1.54, 1.807) is 0 Å². The van der Waals surface area contributed by atoms with Crippen molar-refractivity contribution in [3.05, 3.63) is 33.6 Å². The molecule has 0 spiro atoms. The number of amides is 1. The van der Waals surface area contributed by atoms with E-state index in [1.807, 2.05) is 0 Å². The van der Waals surface area contributed by atoms with Gasteiger partial charge < -0.3 is 5.11 Å². The van der Waals surface area contributed by atoms with E-state index in [0.29, 0.717) is 5.56 Å². The third kappa shape index (κ3) is 2.94. The van der Waals surface area contributed by atoms with Crippen molar-refractivity contribution in [2.45, 2.75) is 12.8 Å². The van der Waals surface area contributed by atoms with E-state index in [-0.39, 0.29) is 24.3 Å². The van der Waals surface area contributed by atoms with Crippen molar-refractivity contribution >= 4 is 11.6 Å². The standard InChI is InChI=1S/C9H8N2O4/c12-7-3-1-6(8(5-7)10-14)2-4-9(13)11-15/h1,3,5,12H,2,4H2. The summed E-state index contributed by atoms with van der Waals surface area (Å²) in [5.74, 6) is -0.854. The van der Waals surface area contributed by atoms with Crippen LogP contribution in [-0.4, -0.2) is 11.0 Å². The number of aromatic hydroxyl groups is 1. The molecule has 6 heteroatoms. The van der Waals surface area contributed by atoms with E-state index < -0.39 is 5.91 Å². The Balaban J connectivity index is 2.80. The quantitative estimate of drug-likeness (QED) is 0.765. The highest BCUT2D eigenvalue weighted by molar-refractivity contribution is 5.77. The Morgan fingerprint density at radius 3 is 2.67 bits per heavy atom. The summed E-state index contributed by atoms with van der Waals surface area (Å²) in [4.78, 5) is 30.8. The molecular weight excluding hydrogens is 200 g/mol. The second kappa shape index (κ2) is 4.94. The Kier molecular flexibility index (Phi) is 3.61. The first-order valence-corrected chi connectivity index (χ1v) is 4.19. The summed E-state index contributed by atoms with van der Waals surface area (Å²) in [6, 6.07) is 4.05. The Morgan fingerprint density at radius 2 is 2.07 bits per heavy atom. The van der Waals surface area contributed by atoms with Gasteiger partial charge in [-0.25, -0.2) is 0 Å². The number of nitrogens with zero attached hydrogens (tertiary/aromatic N) is 2. The van der Waals surface area contributed by atoms with Crippen molar-refractivity contribution in [2.24, 2.45) is 10.4 Å². The maximum Gasteiger partial charge on any atom is 0.286 e. The van der Waals surface area contributed by atoms with Crippen LogP contribution in [0.1, 0.15) is 12.0 Å². The fourth-order valence-corrected chi connectivity index (χ4v) is 1.14. The van der Waals surface area contributed by atoms with Crippen molar-refractivity contribution in [3.63, 3.8) is 0 Å². The highest BCUT2D eigenvalue weighted by Crippen LogP contribution is 2.25. The molecule has 15 heavy (non-hydrogen) atoms. The number of hydrogen-bond acceptors (Lipinski definition) is 5. The maximum absolute atomic E-state index is 10.6. The molecule has 0 aromatic heterocycles. The fraction of sp³-hybridized carbons (Fsp3) is 0.222. The molecule has 1 aromatic rings. The molecule has 1 rings (SSSR count). The number of carbonyl (C=O) groups excluding carboxylic acids is 1. The Morgan fingerprint density at radius 1 is 1.33 bits per heavy atom.